The largest absolute Gasteiger partial charge is 0.401 e. The monoisotopic (exact) mass is 700 g/mol. The summed E-state index contributed by atoms with van der Waals surface area (Å²) in [5, 5.41) is 2.65. The highest BCUT2D eigenvalue weighted by molar-refractivity contribution is 8.00. The van der Waals surface area contributed by atoms with Crippen LogP contribution in [0, 0.1) is 0 Å². The van der Waals surface area contributed by atoms with Gasteiger partial charge >= 0.3 is 5.97 Å². The van der Waals surface area contributed by atoms with Gasteiger partial charge in [-0.05, 0) is 6.92 Å². The number of nitrogens with two attached hydrogens (primary N) is 1. The van der Waals surface area contributed by atoms with Crippen LogP contribution in [0.15, 0.2) is 11.3 Å². The number of rotatable bonds is 26. The number of carbonyl (C=O) groups excluding carboxylic acids is 7. The van der Waals surface area contributed by atoms with Gasteiger partial charge in [-0.2, -0.15) is 0 Å². The molecule has 0 aromatic heterocycles. The molecule has 2 aliphatic heterocycles. The van der Waals surface area contributed by atoms with Gasteiger partial charge in [-0.25, -0.2) is 4.79 Å². The summed E-state index contributed by atoms with van der Waals surface area (Å²) in [5.41, 5.74) is 6.80. The van der Waals surface area contributed by atoms with Crippen molar-refractivity contribution in [3.05, 3.63) is 11.3 Å². The zero-order valence-electron chi connectivity index (χ0n) is 27.1. The molecule has 5 amide bonds. The van der Waals surface area contributed by atoms with Crippen LogP contribution in [0.2, 0.25) is 0 Å². The summed E-state index contributed by atoms with van der Waals surface area (Å²) in [6, 6.07) is 0. The zero-order valence-corrected chi connectivity index (χ0v) is 27.9. The maximum absolute atomic E-state index is 12.6. The van der Waals surface area contributed by atoms with Crippen molar-refractivity contribution >= 4 is 53.1 Å². The van der Waals surface area contributed by atoms with Crippen LogP contribution in [0.3, 0.4) is 0 Å². The van der Waals surface area contributed by atoms with Crippen LogP contribution in [0.5, 0.6) is 0 Å². The van der Waals surface area contributed by atoms with E-state index in [4.69, 9.17) is 34.3 Å². The van der Waals surface area contributed by atoms with Gasteiger partial charge in [-0.1, -0.05) is 0 Å². The van der Waals surface area contributed by atoms with E-state index in [0.29, 0.717) is 54.9 Å². The van der Waals surface area contributed by atoms with Gasteiger partial charge in [-0.15, -0.1) is 16.8 Å². The maximum atomic E-state index is 12.6. The van der Waals surface area contributed by atoms with E-state index in [0.717, 1.165) is 4.90 Å². The first-order valence-electron chi connectivity index (χ1n) is 15.8. The number of carbonyl (C=O) groups is 7. The summed E-state index contributed by atoms with van der Waals surface area (Å²) in [5.74, 6) is -2.42. The number of hydrogen-bond donors (Lipinski definition) is 2. The highest BCUT2D eigenvalue weighted by atomic mass is 32.2. The normalized spacial score (nSPS) is 18.2. The fourth-order valence-corrected chi connectivity index (χ4v) is 5.44. The number of allylic oxidation sites excluding steroid dienone is 1. The lowest BCUT2D eigenvalue weighted by Crippen LogP contribution is -2.36. The Hall–Kier alpha value is -3.42. The fraction of sp³-hybridized carbons (Fsp3) is 0.700. The molecule has 0 spiro atoms. The van der Waals surface area contributed by atoms with E-state index in [1.165, 1.54) is 11.8 Å². The third kappa shape index (κ3) is 13.6. The Morgan fingerprint density at radius 1 is 0.854 bits per heavy atom. The van der Waals surface area contributed by atoms with Crippen molar-refractivity contribution in [2.45, 2.75) is 56.8 Å². The minimum absolute atomic E-state index is 0.00185. The lowest BCUT2D eigenvalue weighted by Gasteiger charge is -2.15. The average Bonchev–Trinajstić information content (AvgIpc) is 3.63. The molecule has 2 saturated heterocycles. The van der Waals surface area contributed by atoms with Crippen molar-refractivity contribution < 1.29 is 62.1 Å². The summed E-state index contributed by atoms with van der Waals surface area (Å²) < 4.78 is 27.0. The van der Waals surface area contributed by atoms with Gasteiger partial charge in [-0.3, -0.25) is 33.7 Å². The van der Waals surface area contributed by atoms with Crippen molar-refractivity contribution in [2.24, 2.45) is 5.73 Å². The van der Waals surface area contributed by atoms with Crippen LogP contribution < -0.4 is 11.1 Å². The number of ketones is 1. The third-order valence-electron chi connectivity index (χ3n) is 7.17. The molecule has 2 fully saturated rings. The first-order valence-corrected chi connectivity index (χ1v) is 16.9. The number of nitrogens with one attached hydrogen (secondary N) is 1. The molecule has 0 bridgehead atoms. The smallest absolute Gasteiger partial charge is 0.335 e. The quantitative estimate of drug-likeness (QED) is 0.0817. The van der Waals surface area contributed by atoms with Crippen molar-refractivity contribution in [3.8, 4) is 0 Å². The standard InChI is InChI=1S/C30H44N4O13S/c1-20(29(40)21-18-22(21)31)46-16-17-48-23-19-27(38)33(30(23)41)7-4-24(35)32-6-9-43-11-13-45-15-14-44-12-10-42-8-5-28(39)47-34-25(36)2-3-26(34)37/h20,23H,2-19,31H2,1H3,(H,32,35)/t20-,23?/m0/s1. The van der Waals surface area contributed by atoms with E-state index in [1.54, 1.807) is 6.92 Å². The number of likely N-dealkylation sites (tertiary alicyclic amines) is 1. The maximum Gasteiger partial charge on any atom is 0.335 e. The van der Waals surface area contributed by atoms with Crippen LogP contribution >= 0.6 is 11.8 Å². The van der Waals surface area contributed by atoms with Gasteiger partial charge in [0.05, 0.1) is 71.1 Å². The molecule has 18 heteroatoms. The van der Waals surface area contributed by atoms with Crippen molar-refractivity contribution in [3.63, 3.8) is 0 Å². The topological polar surface area (TPSA) is 219 Å². The molecule has 0 radical (unpaired) electrons. The molecule has 17 nitrogen and oxygen atoms in total. The number of imide groups is 2. The molecule has 268 valence electrons. The zero-order chi connectivity index (χ0) is 34.9. The summed E-state index contributed by atoms with van der Waals surface area (Å²) in [6.07, 6.45) is -0.0568. The Balaban J connectivity index is 1.07. The first kappa shape index (κ1) is 39.0. The number of hydroxylamine groups is 2. The van der Waals surface area contributed by atoms with E-state index in [-0.39, 0.29) is 102 Å². The second kappa shape index (κ2) is 20.8. The Labute approximate surface area is 282 Å². The van der Waals surface area contributed by atoms with Crippen molar-refractivity contribution in [2.75, 3.05) is 78.3 Å². The van der Waals surface area contributed by atoms with Crippen molar-refractivity contribution in [1.29, 1.82) is 0 Å². The van der Waals surface area contributed by atoms with E-state index in [2.05, 4.69) is 5.32 Å². The molecular formula is C30H44N4O13S. The minimum Gasteiger partial charge on any atom is -0.401 e. The molecule has 1 aliphatic carbocycles. The van der Waals surface area contributed by atoms with Crippen molar-refractivity contribution in [1.82, 2.24) is 15.3 Å². The molecule has 3 rings (SSSR count). The number of ether oxygens (including phenoxy) is 5. The van der Waals surface area contributed by atoms with Crippen LogP contribution in [0.4, 0.5) is 0 Å². The van der Waals surface area contributed by atoms with Gasteiger partial charge in [0.1, 0.15) is 6.10 Å². The van der Waals surface area contributed by atoms with Gasteiger partial charge in [0.2, 0.25) is 17.7 Å². The molecule has 2 heterocycles. The van der Waals surface area contributed by atoms with Crippen LogP contribution in [-0.4, -0.2) is 141 Å². The molecular weight excluding hydrogens is 656 g/mol. The predicted molar refractivity (Wildman–Crippen MR) is 167 cm³/mol. The lowest BCUT2D eigenvalue weighted by atomic mass is 10.2. The molecule has 0 aromatic rings. The number of thioether (sulfide) groups is 1. The van der Waals surface area contributed by atoms with E-state index >= 15 is 0 Å². The number of amides is 5. The van der Waals surface area contributed by atoms with Crippen LogP contribution in [-0.2, 0) is 62.1 Å². The summed E-state index contributed by atoms with van der Waals surface area (Å²) in [6.45, 7) is 4.32. The Morgan fingerprint density at radius 2 is 1.44 bits per heavy atom. The molecule has 3 aliphatic rings. The number of hydrogen-bond acceptors (Lipinski definition) is 15. The highest BCUT2D eigenvalue weighted by Gasteiger charge is 2.39. The summed E-state index contributed by atoms with van der Waals surface area (Å²) >= 11 is 1.30. The SMILES string of the molecule is C[C@H](OCCSC1CC(=O)N(CCC(=O)NCCOCCOCCOCCOCCC(=O)ON2C(=O)CCC2=O)C1=O)C(=O)C1=C(N)C1. The number of nitrogens with zero attached hydrogens (tertiary/aromatic N) is 2. The van der Waals surface area contributed by atoms with E-state index in [9.17, 15) is 33.6 Å². The van der Waals surface area contributed by atoms with E-state index in [1.807, 2.05) is 0 Å². The summed E-state index contributed by atoms with van der Waals surface area (Å²) in [7, 11) is 0. The molecule has 2 atom stereocenters. The Kier molecular flexibility index (Phi) is 16.9. The molecule has 48 heavy (non-hydrogen) atoms. The molecule has 3 N–H and O–H groups in total. The van der Waals surface area contributed by atoms with Gasteiger partial charge in [0.25, 0.3) is 11.8 Å². The second-order valence-corrected chi connectivity index (χ2v) is 12.2. The Bertz CT molecular complexity index is 1200. The van der Waals surface area contributed by atoms with Gasteiger partial charge < -0.3 is 39.6 Å². The van der Waals surface area contributed by atoms with Gasteiger partial charge in [0.15, 0.2) is 5.78 Å². The first-order chi connectivity index (χ1) is 23.1. The predicted octanol–water partition coefficient (Wildman–Crippen LogP) is -0.992. The fourth-order valence-electron chi connectivity index (χ4n) is 4.43. The second-order valence-electron chi connectivity index (χ2n) is 10.8. The molecule has 0 saturated carbocycles. The molecule has 1 unspecified atom stereocenters. The average molecular weight is 701 g/mol. The highest BCUT2D eigenvalue weighted by Crippen LogP contribution is 2.28. The van der Waals surface area contributed by atoms with Gasteiger partial charge in [0, 0.05) is 62.2 Å². The Morgan fingerprint density at radius 3 is 2.04 bits per heavy atom. The number of Topliss-reactive ketones (excluding diaryl/α,β-unsaturated/α-hetero) is 1. The van der Waals surface area contributed by atoms with Crippen LogP contribution in [0.1, 0.15) is 45.4 Å². The minimum atomic E-state index is -0.728. The van der Waals surface area contributed by atoms with Crippen LogP contribution in [0.25, 0.3) is 0 Å². The summed E-state index contributed by atoms with van der Waals surface area (Å²) in [4.78, 5) is 89.5. The third-order valence-corrected chi connectivity index (χ3v) is 8.34. The molecule has 0 aromatic carbocycles. The van der Waals surface area contributed by atoms with E-state index < -0.39 is 29.1 Å². The lowest BCUT2D eigenvalue weighted by molar-refractivity contribution is -0.198.